The van der Waals surface area contributed by atoms with Crippen LogP contribution in [0.3, 0.4) is 0 Å². The van der Waals surface area contributed by atoms with Crippen LogP contribution in [0, 0.1) is 0 Å². The maximum Gasteiger partial charge on any atom is 0.0850 e. The van der Waals surface area contributed by atoms with Crippen molar-refractivity contribution < 1.29 is 5.11 Å². The summed E-state index contributed by atoms with van der Waals surface area (Å²) in [5.74, 6) is 0. The minimum absolute atomic E-state index is 0.851. The molecular formula is C18H24N2O. The van der Waals surface area contributed by atoms with Crippen LogP contribution in [0.5, 0.6) is 0 Å². The SMILES string of the molecule is CCc1cccc2c(C(C)(C)O)c3c(nc12)CCN(C)C3. The number of likely N-dealkylation sites (N-methyl/N-ethyl adjacent to an activating group) is 1. The molecule has 0 fully saturated rings. The number of aliphatic hydroxyl groups is 1. The zero-order valence-corrected chi connectivity index (χ0v) is 13.4. The number of hydrogen-bond acceptors (Lipinski definition) is 3. The van der Waals surface area contributed by atoms with E-state index in [-0.39, 0.29) is 0 Å². The Morgan fingerprint density at radius 3 is 2.76 bits per heavy atom. The van der Waals surface area contributed by atoms with Crippen LogP contribution in [0.2, 0.25) is 0 Å². The van der Waals surface area contributed by atoms with Gasteiger partial charge in [0, 0.05) is 30.6 Å². The van der Waals surface area contributed by atoms with E-state index in [2.05, 4.69) is 37.1 Å². The number of benzene rings is 1. The molecule has 2 aromatic rings. The second-order valence-electron chi connectivity index (χ2n) is 6.63. The molecule has 0 amide bonds. The van der Waals surface area contributed by atoms with Gasteiger partial charge in [0.15, 0.2) is 0 Å². The second-order valence-corrected chi connectivity index (χ2v) is 6.63. The summed E-state index contributed by atoms with van der Waals surface area (Å²) in [4.78, 5) is 7.26. The van der Waals surface area contributed by atoms with Crippen molar-refractivity contribution in [3.63, 3.8) is 0 Å². The highest BCUT2D eigenvalue weighted by Crippen LogP contribution is 2.36. The maximum absolute atomic E-state index is 10.7. The first-order valence-electron chi connectivity index (χ1n) is 7.76. The number of aromatic nitrogens is 1. The minimum atomic E-state index is -0.851. The molecule has 0 saturated carbocycles. The van der Waals surface area contributed by atoms with Crippen LogP contribution in [0.25, 0.3) is 10.9 Å². The van der Waals surface area contributed by atoms with E-state index in [4.69, 9.17) is 4.98 Å². The summed E-state index contributed by atoms with van der Waals surface area (Å²) in [6, 6.07) is 6.32. The first-order chi connectivity index (χ1) is 9.91. The van der Waals surface area contributed by atoms with E-state index >= 15 is 0 Å². The quantitative estimate of drug-likeness (QED) is 0.921. The summed E-state index contributed by atoms with van der Waals surface area (Å²) in [5.41, 5.74) is 4.93. The molecule has 1 aromatic heterocycles. The molecule has 1 aliphatic rings. The molecule has 3 heteroatoms. The molecule has 0 spiro atoms. The molecule has 112 valence electrons. The van der Waals surface area contributed by atoms with Gasteiger partial charge < -0.3 is 10.0 Å². The van der Waals surface area contributed by atoms with Gasteiger partial charge in [-0.3, -0.25) is 4.98 Å². The summed E-state index contributed by atoms with van der Waals surface area (Å²) in [5, 5.41) is 11.9. The van der Waals surface area contributed by atoms with E-state index in [0.717, 1.165) is 42.4 Å². The van der Waals surface area contributed by atoms with Gasteiger partial charge in [0.25, 0.3) is 0 Å². The summed E-state index contributed by atoms with van der Waals surface area (Å²) in [6.45, 7) is 7.83. The molecule has 3 rings (SSSR count). The molecule has 2 heterocycles. The zero-order chi connectivity index (χ0) is 15.2. The number of hydrogen-bond donors (Lipinski definition) is 1. The Morgan fingerprint density at radius 1 is 1.33 bits per heavy atom. The van der Waals surface area contributed by atoms with Crippen molar-refractivity contribution in [1.82, 2.24) is 9.88 Å². The lowest BCUT2D eigenvalue weighted by atomic mass is 9.86. The molecule has 0 atom stereocenters. The lowest BCUT2D eigenvalue weighted by Gasteiger charge is -2.31. The third kappa shape index (κ3) is 2.45. The smallest absolute Gasteiger partial charge is 0.0850 e. The van der Waals surface area contributed by atoms with Gasteiger partial charge in [-0.2, -0.15) is 0 Å². The van der Waals surface area contributed by atoms with Crippen molar-refractivity contribution in [3.8, 4) is 0 Å². The lowest BCUT2D eigenvalue weighted by molar-refractivity contribution is 0.0778. The van der Waals surface area contributed by atoms with Crippen molar-refractivity contribution in [1.29, 1.82) is 0 Å². The summed E-state index contributed by atoms with van der Waals surface area (Å²) in [6.07, 6.45) is 1.93. The van der Waals surface area contributed by atoms with Gasteiger partial charge in [-0.25, -0.2) is 0 Å². The summed E-state index contributed by atoms with van der Waals surface area (Å²) < 4.78 is 0. The molecule has 1 aromatic carbocycles. The molecule has 0 unspecified atom stereocenters. The highest BCUT2D eigenvalue weighted by Gasteiger charge is 2.29. The van der Waals surface area contributed by atoms with Crippen LogP contribution in [-0.2, 0) is 25.0 Å². The van der Waals surface area contributed by atoms with Crippen molar-refractivity contribution in [2.24, 2.45) is 0 Å². The number of nitrogens with zero attached hydrogens (tertiary/aromatic N) is 2. The lowest BCUT2D eigenvalue weighted by Crippen LogP contribution is -2.31. The van der Waals surface area contributed by atoms with Crippen LogP contribution in [0.1, 0.15) is 43.2 Å². The number of pyridine rings is 1. The fourth-order valence-electron chi connectivity index (χ4n) is 3.44. The Labute approximate surface area is 126 Å². The number of rotatable bonds is 2. The average molecular weight is 284 g/mol. The molecule has 0 aliphatic carbocycles. The maximum atomic E-state index is 10.7. The fraction of sp³-hybridized carbons (Fsp3) is 0.500. The molecular weight excluding hydrogens is 260 g/mol. The Hall–Kier alpha value is -1.45. The Balaban J connectivity index is 2.40. The van der Waals surface area contributed by atoms with E-state index in [1.807, 2.05) is 13.8 Å². The van der Waals surface area contributed by atoms with E-state index in [1.165, 1.54) is 16.8 Å². The van der Waals surface area contributed by atoms with Crippen LogP contribution in [0.15, 0.2) is 18.2 Å². The largest absolute Gasteiger partial charge is 0.386 e. The molecule has 0 saturated heterocycles. The van der Waals surface area contributed by atoms with Crippen LogP contribution < -0.4 is 0 Å². The van der Waals surface area contributed by atoms with Crippen molar-refractivity contribution in [3.05, 3.63) is 40.6 Å². The van der Waals surface area contributed by atoms with E-state index < -0.39 is 5.60 Å². The first-order valence-corrected chi connectivity index (χ1v) is 7.76. The normalized spacial score (nSPS) is 16.2. The Bertz CT molecular complexity index is 686. The van der Waals surface area contributed by atoms with Crippen LogP contribution in [0.4, 0.5) is 0 Å². The predicted octanol–water partition coefficient (Wildman–Crippen LogP) is 3.01. The van der Waals surface area contributed by atoms with Gasteiger partial charge in [0.2, 0.25) is 0 Å². The third-order valence-electron chi connectivity index (χ3n) is 4.44. The topological polar surface area (TPSA) is 36.4 Å². The van der Waals surface area contributed by atoms with Gasteiger partial charge in [0.05, 0.1) is 11.1 Å². The Morgan fingerprint density at radius 2 is 2.10 bits per heavy atom. The first kappa shape index (κ1) is 14.5. The average Bonchev–Trinajstić information content (AvgIpc) is 2.42. The van der Waals surface area contributed by atoms with E-state index in [1.54, 1.807) is 0 Å². The van der Waals surface area contributed by atoms with Crippen molar-refractivity contribution >= 4 is 10.9 Å². The number of para-hydroxylation sites is 1. The monoisotopic (exact) mass is 284 g/mol. The van der Waals surface area contributed by atoms with E-state index in [9.17, 15) is 5.11 Å². The molecule has 0 bridgehead atoms. The fourth-order valence-corrected chi connectivity index (χ4v) is 3.44. The minimum Gasteiger partial charge on any atom is -0.386 e. The Kier molecular flexibility index (Phi) is 3.50. The van der Waals surface area contributed by atoms with Crippen molar-refractivity contribution in [2.45, 2.75) is 45.8 Å². The van der Waals surface area contributed by atoms with E-state index in [0.29, 0.717) is 0 Å². The van der Waals surface area contributed by atoms with Crippen LogP contribution >= 0.6 is 0 Å². The second kappa shape index (κ2) is 5.08. The summed E-state index contributed by atoms with van der Waals surface area (Å²) in [7, 11) is 2.13. The summed E-state index contributed by atoms with van der Waals surface area (Å²) >= 11 is 0. The zero-order valence-electron chi connectivity index (χ0n) is 13.4. The number of aryl methyl sites for hydroxylation is 1. The third-order valence-corrected chi connectivity index (χ3v) is 4.44. The van der Waals surface area contributed by atoms with Gasteiger partial charge in [-0.15, -0.1) is 0 Å². The highest BCUT2D eigenvalue weighted by molar-refractivity contribution is 5.87. The molecule has 1 aliphatic heterocycles. The number of fused-ring (bicyclic) bond motifs is 2. The van der Waals surface area contributed by atoms with Gasteiger partial charge in [-0.05, 0) is 44.0 Å². The van der Waals surface area contributed by atoms with Gasteiger partial charge in [-0.1, -0.05) is 25.1 Å². The van der Waals surface area contributed by atoms with Crippen LogP contribution in [-0.4, -0.2) is 28.6 Å². The predicted molar refractivity (Wildman–Crippen MR) is 86.4 cm³/mol. The molecule has 3 nitrogen and oxygen atoms in total. The molecule has 1 N–H and O–H groups in total. The molecule has 0 radical (unpaired) electrons. The standard InChI is InChI=1S/C18H24N2O/c1-5-12-7-6-8-13-16(18(2,3)21)14-11-20(4)10-9-15(14)19-17(12)13/h6-8,21H,5,9-11H2,1-4H3. The molecule has 21 heavy (non-hydrogen) atoms. The van der Waals surface area contributed by atoms with Crippen molar-refractivity contribution in [2.75, 3.05) is 13.6 Å². The van der Waals surface area contributed by atoms with Gasteiger partial charge in [0.1, 0.15) is 0 Å². The highest BCUT2D eigenvalue weighted by atomic mass is 16.3. The van der Waals surface area contributed by atoms with Gasteiger partial charge >= 0.3 is 0 Å².